The molecule has 0 saturated carbocycles. The van der Waals surface area contributed by atoms with E-state index in [1.807, 2.05) is 0 Å². The zero-order valence-corrected chi connectivity index (χ0v) is 12.8. The molecule has 0 unspecified atom stereocenters. The summed E-state index contributed by atoms with van der Waals surface area (Å²) in [5.41, 5.74) is 1.14. The Hall–Kier alpha value is -0.650. The molecule has 1 N–H and O–H groups in total. The van der Waals surface area contributed by atoms with Gasteiger partial charge in [0.05, 0.1) is 12.3 Å². The van der Waals surface area contributed by atoms with Crippen molar-refractivity contribution >= 4 is 16.5 Å². The summed E-state index contributed by atoms with van der Waals surface area (Å²) in [6, 6.07) is 0. The van der Waals surface area contributed by atoms with Gasteiger partial charge in [0.25, 0.3) is 0 Å². The monoisotopic (exact) mass is 271 g/mol. The average molecular weight is 271 g/mol. The minimum absolute atomic E-state index is 0.751. The minimum Gasteiger partial charge on any atom is -0.383 e. The maximum Gasteiger partial charge on any atom is 0.185 e. The summed E-state index contributed by atoms with van der Waals surface area (Å²) < 4.78 is 5.01. The lowest BCUT2D eigenvalue weighted by atomic mass is 10.3. The lowest BCUT2D eigenvalue weighted by molar-refractivity contribution is 0.199. The van der Waals surface area contributed by atoms with Crippen molar-refractivity contribution in [1.82, 2.24) is 10.3 Å². The Bertz CT molecular complexity index is 341. The molecule has 0 spiro atoms. The Balaban J connectivity index is 2.47. The van der Waals surface area contributed by atoms with E-state index >= 15 is 0 Å². The number of anilines is 1. The van der Waals surface area contributed by atoms with Crippen molar-refractivity contribution in [1.29, 1.82) is 0 Å². The van der Waals surface area contributed by atoms with Crippen LogP contribution in [-0.4, -0.2) is 38.8 Å². The van der Waals surface area contributed by atoms with Crippen molar-refractivity contribution in [2.24, 2.45) is 0 Å². The topological polar surface area (TPSA) is 37.4 Å². The van der Waals surface area contributed by atoms with Crippen molar-refractivity contribution in [2.75, 3.05) is 38.8 Å². The summed E-state index contributed by atoms with van der Waals surface area (Å²) in [6.07, 6.45) is 2.44. The second-order valence-electron chi connectivity index (χ2n) is 4.45. The third-order valence-electron chi connectivity index (χ3n) is 2.82. The SMILES string of the molecule is CCCCN(C)c1nc(C)c(CNCCOC)s1. The number of aromatic nitrogens is 1. The molecule has 0 aliphatic rings. The molecular formula is C13H25N3OS. The van der Waals surface area contributed by atoms with E-state index in [1.54, 1.807) is 18.4 Å². The van der Waals surface area contributed by atoms with Crippen LogP contribution in [0.15, 0.2) is 0 Å². The van der Waals surface area contributed by atoms with Crippen molar-refractivity contribution in [3.8, 4) is 0 Å². The van der Waals surface area contributed by atoms with E-state index in [2.05, 4.69) is 36.1 Å². The van der Waals surface area contributed by atoms with Gasteiger partial charge in [-0.15, -0.1) is 11.3 Å². The molecule has 4 nitrogen and oxygen atoms in total. The smallest absolute Gasteiger partial charge is 0.185 e. The van der Waals surface area contributed by atoms with Crippen molar-refractivity contribution in [2.45, 2.75) is 33.2 Å². The average Bonchev–Trinajstić information content (AvgIpc) is 2.73. The highest BCUT2D eigenvalue weighted by Gasteiger charge is 2.10. The highest BCUT2D eigenvalue weighted by atomic mass is 32.1. The van der Waals surface area contributed by atoms with Crippen LogP contribution < -0.4 is 10.2 Å². The fourth-order valence-electron chi connectivity index (χ4n) is 1.61. The van der Waals surface area contributed by atoms with Gasteiger partial charge in [0.15, 0.2) is 5.13 Å². The van der Waals surface area contributed by atoms with Crippen LogP contribution in [0.5, 0.6) is 0 Å². The minimum atomic E-state index is 0.751. The first kappa shape index (κ1) is 15.4. The van der Waals surface area contributed by atoms with E-state index in [4.69, 9.17) is 4.74 Å². The van der Waals surface area contributed by atoms with Crippen molar-refractivity contribution < 1.29 is 4.74 Å². The first-order valence-electron chi connectivity index (χ1n) is 6.56. The number of hydrogen-bond donors (Lipinski definition) is 1. The van der Waals surface area contributed by atoms with Gasteiger partial charge in [-0.25, -0.2) is 4.98 Å². The molecule has 1 aromatic heterocycles. The molecule has 5 heteroatoms. The Labute approximate surface area is 114 Å². The number of nitrogens with zero attached hydrogens (tertiary/aromatic N) is 2. The van der Waals surface area contributed by atoms with E-state index in [1.165, 1.54) is 17.7 Å². The van der Waals surface area contributed by atoms with Crippen LogP contribution in [0.4, 0.5) is 5.13 Å². The zero-order chi connectivity index (χ0) is 13.4. The van der Waals surface area contributed by atoms with Gasteiger partial charge in [0.2, 0.25) is 0 Å². The first-order chi connectivity index (χ1) is 8.69. The van der Waals surface area contributed by atoms with Crippen LogP contribution in [0.25, 0.3) is 0 Å². The molecule has 1 aromatic rings. The summed E-state index contributed by atoms with van der Waals surface area (Å²) in [7, 11) is 3.84. The second-order valence-corrected chi connectivity index (χ2v) is 5.51. The third kappa shape index (κ3) is 4.92. The van der Waals surface area contributed by atoms with Crippen molar-refractivity contribution in [3.05, 3.63) is 10.6 Å². The molecule has 0 radical (unpaired) electrons. The quantitative estimate of drug-likeness (QED) is 0.700. The Morgan fingerprint density at radius 3 is 2.89 bits per heavy atom. The predicted molar refractivity (Wildman–Crippen MR) is 78.6 cm³/mol. The molecule has 0 bridgehead atoms. The molecule has 0 saturated heterocycles. The van der Waals surface area contributed by atoms with E-state index in [0.29, 0.717) is 0 Å². The lowest BCUT2D eigenvalue weighted by Gasteiger charge is -2.14. The molecule has 0 aliphatic heterocycles. The van der Waals surface area contributed by atoms with Crippen LogP contribution >= 0.6 is 11.3 Å². The fraction of sp³-hybridized carbons (Fsp3) is 0.769. The Morgan fingerprint density at radius 2 is 2.22 bits per heavy atom. The summed E-state index contributed by atoms with van der Waals surface area (Å²) in [6.45, 7) is 7.90. The maximum absolute atomic E-state index is 5.01. The molecule has 104 valence electrons. The highest BCUT2D eigenvalue weighted by molar-refractivity contribution is 7.15. The number of unbranched alkanes of at least 4 members (excludes halogenated alkanes) is 1. The fourth-order valence-corrected chi connectivity index (χ4v) is 2.62. The van der Waals surface area contributed by atoms with Crippen LogP contribution in [0.2, 0.25) is 0 Å². The van der Waals surface area contributed by atoms with E-state index < -0.39 is 0 Å². The lowest BCUT2D eigenvalue weighted by Crippen LogP contribution is -2.18. The van der Waals surface area contributed by atoms with E-state index in [-0.39, 0.29) is 0 Å². The Kier molecular flexibility index (Phi) is 7.23. The first-order valence-corrected chi connectivity index (χ1v) is 7.37. The van der Waals surface area contributed by atoms with Crippen LogP contribution in [0.1, 0.15) is 30.3 Å². The van der Waals surface area contributed by atoms with Gasteiger partial charge in [-0.05, 0) is 13.3 Å². The molecule has 0 atom stereocenters. The second kappa shape index (κ2) is 8.45. The predicted octanol–water partition coefficient (Wildman–Crippen LogP) is 2.42. The summed E-state index contributed by atoms with van der Waals surface area (Å²) in [4.78, 5) is 8.21. The van der Waals surface area contributed by atoms with Gasteiger partial charge >= 0.3 is 0 Å². The Morgan fingerprint density at radius 1 is 1.44 bits per heavy atom. The van der Waals surface area contributed by atoms with Crippen LogP contribution in [-0.2, 0) is 11.3 Å². The number of thiazole rings is 1. The number of rotatable bonds is 9. The molecule has 1 rings (SSSR count). The molecule has 0 fully saturated rings. The summed E-state index contributed by atoms with van der Waals surface area (Å²) >= 11 is 1.79. The molecule has 0 aliphatic carbocycles. The van der Waals surface area contributed by atoms with Gasteiger partial charge < -0.3 is 15.0 Å². The molecule has 18 heavy (non-hydrogen) atoms. The van der Waals surface area contributed by atoms with E-state index in [0.717, 1.165) is 37.1 Å². The molecule has 0 amide bonds. The standard InChI is InChI=1S/C13H25N3OS/c1-5-6-8-16(3)13-15-11(2)12(18-13)10-14-7-9-17-4/h14H,5-10H2,1-4H3. The van der Waals surface area contributed by atoms with Crippen LogP contribution in [0, 0.1) is 6.92 Å². The maximum atomic E-state index is 5.01. The largest absolute Gasteiger partial charge is 0.383 e. The number of hydrogen-bond acceptors (Lipinski definition) is 5. The van der Waals surface area contributed by atoms with E-state index in [9.17, 15) is 0 Å². The zero-order valence-electron chi connectivity index (χ0n) is 12.0. The third-order valence-corrected chi connectivity index (χ3v) is 4.10. The molecular weight excluding hydrogens is 246 g/mol. The van der Waals surface area contributed by atoms with Gasteiger partial charge in [0.1, 0.15) is 0 Å². The highest BCUT2D eigenvalue weighted by Crippen LogP contribution is 2.25. The number of nitrogens with one attached hydrogen (secondary N) is 1. The van der Waals surface area contributed by atoms with Crippen molar-refractivity contribution in [3.63, 3.8) is 0 Å². The summed E-state index contributed by atoms with van der Waals surface area (Å²) in [5.74, 6) is 0. The van der Waals surface area contributed by atoms with Crippen LogP contribution in [0.3, 0.4) is 0 Å². The van der Waals surface area contributed by atoms with Gasteiger partial charge in [-0.2, -0.15) is 0 Å². The van der Waals surface area contributed by atoms with Gasteiger partial charge in [0, 0.05) is 38.7 Å². The molecule has 0 aromatic carbocycles. The number of ether oxygens (including phenoxy) is 1. The summed E-state index contributed by atoms with van der Waals surface area (Å²) in [5, 5.41) is 4.49. The number of methoxy groups -OCH3 is 1. The number of aryl methyl sites for hydroxylation is 1. The molecule has 1 heterocycles. The van der Waals surface area contributed by atoms with Gasteiger partial charge in [-0.1, -0.05) is 13.3 Å². The normalized spacial score (nSPS) is 10.9. The van der Waals surface area contributed by atoms with Gasteiger partial charge in [-0.3, -0.25) is 0 Å².